The van der Waals surface area contributed by atoms with E-state index in [9.17, 15) is 9.18 Å². The second-order valence-corrected chi connectivity index (χ2v) is 8.24. The van der Waals surface area contributed by atoms with Gasteiger partial charge in [0.1, 0.15) is 0 Å². The van der Waals surface area contributed by atoms with Crippen molar-refractivity contribution in [3.8, 4) is 0 Å². The highest BCUT2D eigenvalue weighted by molar-refractivity contribution is 5.82. The van der Waals surface area contributed by atoms with Crippen LogP contribution in [0.4, 0.5) is 4.39 Å². The average Bonchev–Trinajstić information content (AvgIpc) is 2.46. The third-order valence-corrected chi connectivity index (χ3v) is 6.72. The van der Waals surface area contributed by atoms with Crippen LogP contribution in [0.1, 0.15) is 50.5 Å². The van der Waals surface area contributed by atoms with Crippen molar-refractivity contribution < 1.29 is 9.18 Å². The van der Waals surface area contributed by atoms with Gasteiger partial charge in [0.25, 0.3) is 0 Å². The van der Waals surface area contributed by atoms with Crippen LogP contribution in [0.2, 0.25) is 0 Å². The fraction of sp³-hybridized carbons (Fsp3) is 0.632. The van der Waals surface area contributed by atoms with Crippen molar-refractivity contribution in [1.29, 1.82) is 0 Å². The van der Waals surface area contributed by atoms with Crippen LogP contribution in [0.15, 0.2) is 30.3 Å². The molecule has 2 nitrogen and oxygen atoms in total. The number of hydrogen-bond donors (Lipinski definition) is 1. The SMILES string of the molecule is NC(=O)C12CC3C[C@@](CCF)(C1)C[C@](c1ccccc1)(C3)C2. The number of amides is 1. The van der Waals surface area contributed by atoms with Crippen LogP contribution in [-0.2, 0) is 10.2 Å². The zero-order valence-electron chi connectivity index (χ0n) is 13.0. The molecule has 5 rings (SSSR count). The minimum atomic E-state index is -0.398. The van der Waals surface area contributed by atoms with Gasteiger partial charge in [0, 0.05) is 0 Å². The van der Waals surface area contributed by atoms with Crippen LogP contribution in [0.5, 0.6) is 0 Å². The van der Waals surface area contributed by atoms with E-state index in [1.165, 1.54) is 5.56 Å². The van der Waals surface area contributed by atoms with E-state index in [1.807, 2.05) is 6.07 Å². The molecule has 0 heterocycles. The largest absolute Gasteiger partial charge is 0.369 e. The van der Waals surface area contributed by atoms with Gasteiger partial charge in [0.05, 0.1) is 12.1 Å². The first-order chi connectivity index (χ1) is 10.5. The van der Waals surface area contributed by atoms with Crippen LogP contribution in [-0.4, -0.2) is 12.6 Å². The van der Waals surface area contributed by atoms with Gasteiger partial charge in [-0.05, 0) is 67.3 Å². The van der Waals surface area contributed by atoms with E-state index in [4.69, 9.17) is 5.73 Å². The highest BCUT2D eigenvalue weighted by atomic mass is 19.1. The van der Waals surface area contributed by atoms with Gasteiger partial charge in [-0.25, -0.2) is 0 Å². The first-order valence-corrected chi connectivity index (χ1v) is 8.43. The average molecular weight is 301 g/mol. The molecular formula is C19H24FNO. The zero-order chi connectivity index (χ0) is 15.4. The van der Waals surface area contributed by atoms with Crippen molar-refractivity contribution in [2.24, 2.45) is 22.5 Å². The van der Waals surface area contributed by atoms with Crippen LogP contribution in [0.3, 0.4) is 0 Å². The van der Waals surface area contributed by atoms with E-state index in [2.05, 4.69) is 24.3 Å². The lowest BCUT2D eigenvalue weighted by Crippen LogP contribution is -2.62. The Labute approximate surface area is 131 Å². The Bertz CT molecular complexity index is 603. The molecule has 0 spiro atoms. The maximum atomic E-state index is 13.2. The number of primary amides is 1. The van der Waals surface area contributed by atoms with Gasteiger partial charge < -0.3 is 5.73 Å². The van der Waals surface area contributed by atoms with Gasteiger partial charge in [0.15, 0.2) is 0 Å². The highest BCUT2D eigenvalue weighted by Gasteiger charge is 2.65. The van der Waals surface area contributed by atoms with Crippen molar-refractivity contribution in [2.45, 2.75) is 50.4 Å². The maximum absolute atomic E-state index is 13.2. The van der Waals surface area contributed by atoms with E-state index in [-0.39, 0.29) is 23.4 Å². The Morgan fingerprint density at radius 1 is 1.14 bits per heavy atom. The van der Waals surface area contributed by atoms with E-state index >= 15 is 0 Å². The van der Waals surface area contributed by atoms with Crippen molar-refractivity contribution >= 4 is 5.91 Å². The molecule has 0 aromatic heterocycles. The van der Waals surface area contributed by atoms with Crippen LogP contribution in [0.25, 0.3) is 0 Å². The molecule has 4 atom stereocenters. The molecule has 118 valence electrons. The minimum Gasteiger partial charge on any atom is -0.369 e. The topological polar surface area (TPSA) is 43.1 Å². The standard InChI is InChI=1S/C19H24FNO/c20-7-6-17-8-14-9-18(11-17,15-4-2-1-3-5-15)13-19(10-14,12-17)16(21)22/h1-5,14H,6-13H2,(H2,21,22)/t14?,17-,18-,19?/m1/s1. The molecule has 4 bridgehead atoms. The molecular weight excluding hydrogens is 277 g/mol. The second kappa shape index (κ2) is 4.56. The van der Waals surface area contributed by atoms with E-state index < -0.39 is 5.41 Å². The molecule has 4 fully saturated rings. The summed E-state index contributed by atoms with van der Waals surface area (Å²) in [4.78, 5) is 12.3. The Morgan fingerprint density at radius 3 is 2.59 bits per heavy atom. The van der Waals surface area contributed by atoms with Crippen LogP contribution >= 0.6 is 0 Å². The number of halogens is 1. The first kappa shape index (κ1) is 14.2. The van der Waals surface area contributed by atoms with Crippen molar-refractivity contribution in [3.05, 3.63) is 35.9 Å². The van der Waals surface area contributed by atoms with Crippen LogP contribution < -0.4 is 5.73 Å². The van der Waals surface area contributed by atoms with Gasteiger partial charge in [-0.15, -0.1) is 0 Å². The van der Waals surface area contributed by atoms with Crippen molar-refractivity contribution in [2.75, 3.05) is 6.67 Å². The quantitative estimate of drug-likeness (QED) is 0.904. The monoisotopic (exact) mass is 301 g/mol. The lowest BCUT2D eigenvalue weighted by Gasteiger charge is -2.66. The summed E-state index contributed by atoms with van der Waals surface area (Å²) < 4.78 is 13.2. The summed E-state index contributed by atoms with van der Waals surface area (Å²) in [5.74, 6) is 0.371. The minimum absolute atomic E-state index is 0.0148. The zero-order valence-corrected chi connectivity index (χ0v) is 13.0. The number of benzene rings is 1. The van der Waals surface area contributed by atoms with Crippen molar-refractivity contribution in [1.82, 2.24) is 0 Å². The number of rotatable bonds is 4. The number of nitrogens with two attached hydrogens (primary N) is 1. The fourth-order valence-corrected chi connectivity index (χ4v) is 6.51. The van der Waals surface area contributed by atoms with Gasteiger partial charge in [-0.3, -0.25) is 9.18 Å². The van der Waals surface area contributed by atoms with Crippen LogP contribution in [0, 0.1) is 16.7 Å². The molecule has 0 aliphatic heterocycles. The number of alkyl halides is 1. The molecule has 4 aliphatic carbocycles. The summed E-state index contributed by atoms with van der Waals surface area (Å²) in [6, 6.07) is 10.6. The summed E-state index contributed by atoms with van der Waals surface area (Å²) in [7, 11) is 0. The lowest BCUT2D eigenvalue weighted by molar-refractivity contribution is -0.161. The Kier molecular flexibility index (Phi) is 2.95. The van der Waals surface area contributed by atoms with Gasteiger partial charge >= 0.3 is 0 Å². The lowest BCUT2D eigenvalue weighted by atomic mass is 9.38. The molecule has 2 unspecified atom stereocenters. The summed E-state index contributed by atoms with van der Waals surface area (Å²) in [5, 5.41) is 0. The third kappa shape index (κ3) is 1.87. The molecule has 22 heavy (non-hydrogen) atoms. The molecule has 0 saturated heterocycles. The Hall–Kier alpha value is -1.38. The Balaban J connectivity index is 1.83. The maximum Gasteiger partial charge on any atom is 0.223 e. The number of carbonyl (C=O) groups is 1. The molecule has 4 saturated carbocycles. The molecule has 1 aromatic carbocycles. The normalized spacial score (nSPS) is 42.5. The second-order valence-electron chi connectivity index (χ2n) is 8.24. The molecule has 2 N–H and O–H groups in total. The molecule has 3 heteroatoms. The molecule has 1 aromatic rings. The van der Waals surface area contributed by atoms with E-state index in [0.29, 0.717) is 12.3 Å². The van der Waals surface area contributed by atoms with Crippen molar-refractivity contribution in [3.63, 3.8) is 0 Å². The molecule has 4 aliphatic rings. The van der Waals surface area contributed by atoms with Gasteiger partial charge in [0.2, 0.25) is 5.91 Å². The summed E-state index contributed by atoms with van der Waals surface area (Å²) in [5.41, 5.74) is 6.80. The summed E-state index contributed by atoms with van der Waals surface area (Å²) in [6.45, 7) is -0.285. The van der Waals surface area contributed by atoms with Gasteiger partial charge in [-0.2, -0.15) is 0 Å². The first-order valence-electron chi connectivity index (χ1n) is 8.43. The third-order valence-electron chi connectivity index (χ3n) is 6.72. The summed E-state index contributed by atoms with van der Waals surface area (Å²) in [6.07, 6.45) is 6.44. The smallest absolute Gasteiger partial charge is 0.223 e. The van der Waals surface area contributed by atoms with E-state index in [0.717, 1.165) is 38.5 Å². The molecule has 0 radical (unpaired) electrons. The number of carbonyl (C=O) groups excluding carboxylic acids is 1. The predicted octanol–water partition coefficient (Wildman–Crippen LogP) is 3.74. The molecule has 1 amide bonds. The van der Waals surface area contributed by atoms with Gasteiger partial charge in [-0.1, -0.05) is 30.3 Å². The number of hydrogen-bond acceptors (Lipinski definition) is 1. The Morgan fingerprint density at radius 2 is 1.91 bits per heavy atom. The van der Waals surface area contributed by atoms with E-state index in [1.54, 1.807) is 0 Å². The predicted molar refractivity (Wildman–Crippen MR) is 84.0 cm³/mol. The highest BCUT2D eigenvalue weighted by Crippen LogP contribution is 2.70. The fourth-order valence-electron chi connectivity index (χ4n) is 6.51. The summed E-state index contributed by atoms with van der Waals surface area (Å²) >= 11 is 0.